The van der Waals surface area contributed by atoms with Gasteiger partial charge in [0.15, 0.2) is 6.26 Å². The zero-order valence-electron chi connectivity index (χ0n) is 6.45. The molecule has 0 bridgehead atoms. The van der Waals surface area contributed by atoms with E-state index in [2.05, 4.69) is 11.2 Å². The number of hydrogen-bond acceptors (Lipinski definition) is 2. The monoisotopic (exact) mass is 148 g/mol. The first-order valence-electron chi connectivity index (χ1n) is 3.58. The molecule has 1 aromatic rings. The lowest BCUT2D eigenvalue weighted by atomic mass is 10.5. The summed E-state index contributed by atoms with van der Waals surface area (Å²) in [6.45, 7) is 2.02. The normalized spacial score (nSPS) is 10.3. The third-order valence-corrected chi connectivity index (χ3v) is 1.09. The Morgan fingerprint density at radius 3 is 3.18 bits per heavy atom. The first-order chi connectivity index (χ1) is 5.43. The van der Waals surface area contributed by atoms with Crippen LogP contribution in [0.4, 0.5) is 0 Å². The molecule has 0 saturated carbocycles. The van der Waals surface area contributed by atoms with Gasteiger partial charge in [0.1, 0.15) is 0 Å². The second kappa shape index (κ2) is 4.50. The van der Waals surface area contributed by atoms with Gasteiger partial charge in [-0.2, -0.15) is 0 Å². The summed E-state index contributed by atoms with van der Waals surface area (Å²) < 4.78 is 5.03. The first-order valence-corrected chi connectivity index (χ1v) is 3.58. The van der Waals surface area contributed by atoms with Gasteiger partial charge < -0.3 is 4.74 Å². The van der Waals surface area contributed by atoms with Crippen LogP contribution < -0.4 is 4.74 Å². The van der Waals surface area contributed by atoms with E-state index >= 15 is 0 Å². The maximum atomic E-state index is 5.03. The highest BCUT2D eigenvalue weighted by Crippen LogP contribution is 2.02. The van der Waals surface area contributed by atoms with Crippen LogP contribution in [0.15, 0.2) is 30.5 Å². The Morgan fingerprint density at radius 2 is 2.55 bits per heavy atom. The van der Waals surface area contributed by atoms with E-state index in [0.29, 0.717) is 5.88 Å². The van der Waals surface area contributed by atoms with Gasteiger partial charge in [-0.1, -0.05) is 13.0 Å². The molecule has 0 amide bonds. The number of hydrogen-bond donors (Lipinski definition) is 0. The molecule has 0 aromatic carbocycles. The van der Waals surface area contributed by atoms with Crippen molar-refractivity contribution in [3.8, 4) is 5.88 Å². The Hall–Kier alpha value is -1.31. The Balaban J connectivity index is 2.45. The van der Waals surface area contributed by atoms with Crippen LogP contribution in [0.25, 0.3) is 0 Å². The molecule has 0 aliphatic heterocycles. The van der Waals surface area contributed by atoms with E-state index < -0.39 is 0 Å². The number of nitrogens with zero attached hydrogens (tertiary/aromatic N) is 1. The zero-order chi connectivity index (χ0) is 7.94. The fourth-order valence-electron chi connectivity index (χ4n) is 0.593. The molecule has 0 atom stereocenters. The predicted octanol–water partition coefficient (Wildman–Crippen LogP) is 2.19. The molecular weight excluding hydrogens is 138 g/mol. The van der Waals surface area contributed by atoms with Crippen molar-refractivity contribution in [1.29, 1.82) is 0 Å². The van der Waals surface area contributed by atoms with Crippen molar-refractivity contribution in [3.63, 3.8) is 0 Å². The second-order valence-electron chi connectivity index (χ2n) is 2.00. The van der Waals surface area contributed by atoms with Gasteiger partial charge in [0, 0.05) is 12.3 Å². The van der Waals surface area contributed by atoms with Gasteiger partial charge in [-0.25, -0.2) is 4.98 Å². The lowest BCUT2D eigenvalue weighted by molar-refractivity contribution is 0.432. The molecular formula is C9H10NO. The van der Waals surface area contributed by atoms with Gasteiger partial charge in [-0.3, -0.25) is 0 Å². The number of rotatable bonds is 3. The van der Waals surface area contributed by atoms with Crippen molar-refractivity contribution < 1.29 is 4.74 Å². The summed E-state index contributed by atoms with van der Waals surface area (Å²) in [7, 11) is 0. The fourth-order valence-corrected chi connectivity index (χ4v) is 0.593. The van der Waals surface area contributed by atoms with E-state index in [1.54, 1.807) is 12.3 Å². The van der Waals surface area contributed by atoms with Crippen LogP contribution in [0.1, 0.15) is 13.3 Å². The minimum Gasteiger partial charge on any atom is -0.435 e. The van der Waals surface area contributed by atoms with Crippen molar-refractivity contribution in [2.45, 2.75) is 13.3 Å². The molecule has 0 saturated heterocycles. The van der Waals surface area contributed by atoms with Crippen molar-refractivity contribution in [2.75, 3.05) is 0 Å². The van der Waals surface area contributed by atoms with Crippen LogP contribution in [-0.2, 0) is 0 Å². The molecule has 0 fully saturated rings. The van der Waals surface area contributed by atoms with E-state index in [-0.39, 0.29) is 0 Å². The largest absolute Gasteiger partial charge is 0.435 e. The van der Waals surface area contributed by atoms with E-state index in [0.717, 1.165) is 6.42 Å². The Kier molecular flexibility index (Phi) is 3.19. The lowest BCUT2D eigenvalue weighted by Crippen LogP contribution is -1.84. The van der Waals surface area contributed by atoms with Gasteiger partial charge in [0.2, 0.25) is 5.88 Å². The smallest absolute Gasteiger partial charge is 0.219 e. The molecule has 11 heavy (non-hydrogen) atoms. The standard InChI is InChI=1S/C9H10NO/c1-2-3-8-11-9-6-4-5-7-10-9/h3-7H,2H2,1H3. The molecule has 2 nitrogen and oxygen atoms in total. The highest BCUT2D eigenvalue weighted by molar-refractivity contribution is 5.09. The molecule has 1 heterocycles. The zero-order valence-corrected chi connectivity index (χ0v) is 6.45. The molecule has 0 aliphatic carbocycles. The Labute approximate surface area is 66.5 Å². The minimum absolute atomic E-state index is 0.581. The van der Waals surface area contributed by atoms with Gasteiger partial charge in [0.05, 0.1) is 0 Å². The molecule has 1 rings (SSSR count). The first kappa shape index (κ1) is 7.79. The second-order valence-corrected chi connectivity index (χ2v) is 2.00. The third-order valence-electron chi connectivity index (χ3n) is 1.09. The number of aromatic nitrogens is 1. The maximum Gasteiger partial charge on any atom is 0.219 e. The summed E-state index contributed by atoms with van der Waals surface area (Å²) >= 11 is 0. The van der Waals surface area contributed by atoms with Crippen LogP contribution in [0.2, 0.25) is 0 Å². The topological polar surface area (TPSA) is 22.1 Å². The summed E-state index contributed by atoms with van der Waals surface area (Å²) in [6.07, 6.45) is 7.08. The summed E-state index contributed by atoms with van der Waals surface area (Å²) in [5, 5.41) is 0. The molecule has 0 aliphatic rings. The maximum absolute atomic E-state index is 5.03. The summed E-state index contributed by atoms with van der Waals surface area (Å²) in [6, 6.07) is 5.50. The van der Waals surface area contributed by atoms with Crippen molar-refractivity contribution >= 4 is 0 Å². The average molecular weight is 148 g/mol. The molecule has 2 heteroatoms. The number of ether oxygens (including phenoxy) is 1. The lowest BCUT2D eigenvalue weighted by Gasteiger charge is -1.93. The molecule has 57 valence electrons. The summed E-state index contributed by atoms with van der Waals surface area (Å²) in [5.41, 5.74) is 0. The van der Waals surface area contributed by atoms with Crippen molar-refractivity contribution in [1.82, 2.24) is 4.98 Å². The van der Waals surface area contributed by atoms with Gasteiger partial charge in [-0.05, 0) is 18.6 Å². The number of pyridine rings is 1. The van der Waals surface area contributed by atoms with Gasteiger partial charge >= 0.3 is 0 Å². The fraction of sp³-hybridized carbons (Fsp3) is 0.222. The summed E-state index contributed by atoms with van der Waals surface area (Å²) in [4.78, 5) is 3.95. The molecule has 0 N–H and O–H groups in total. The molecule has 1 radical (unpaired) electrons. The minimum atomic E-state index is 0.581. The predicted molar refractivity (Wildman–Crippen MR) is 43.0 cm³/mol. The van der Waals surface area contributed by atoms with Crippen LogP contribution >= 0.6 is 0 Å². The van der Waals surface area contributed by atoms with Crippen molar-refractivity contribution in [3.05, 3.63) is 36.7 Å². The van der Waals surface area contributed by atoms with E-state index in [1.807, 2.05) is 25.1 Å². The van der Waals surface area contributed by atoms with Gasteiger partial charge in [0.25, 0.3) is 0 Å². The molecule has 0 spiro atoms. The molecule has 0 unspecified atom stereocenters. The van der Waals surface area contributed by atoms with Gasteiger partial charge in [-0.15, -0.1) is 0 Å². The number of allylic oxidation sites excluding steroid dienone is 1. The Bertz CT molecular complexity index is 218. The van der Waals surface area contributed by atoms with Crippen LogP contribution in [0.3, 0.4) is 0 Å². The van der Waals surface area contributed by atoms with Crippen LogP contribution in [0, 0.1) is 6.26 Å². The Morgan fingerprint density at radius 1 is 1.64 bits per heavy atom. The van der Waals surface area contributed by atoms with E-state index in [4.69, 9.17) is 4.74 Å². The summed E-state index contributed by atoms with van der Waals surface area (Å²) in [5.74, 6) is 0.581. The third kappa shape index (κ3) is 2.85. The van der Waals surface area contributed by atoms with E-state index in [9.17, 15) is 0 Å². The highest BCUT2D eigenvalue weighted by Gasteiger charge is 1.86. The average Bonchev–Trinajstić information content (AvgIpc) is 2.07. The quantitative estimate of drug-likeness (QED) is 0.613. The SMILES string of the molecule is CC/C=[C]\Oc1ccccn1. The van der Waals surface area contributed by atoms with Crippen LogP contribution in [-0.4, -0.2) is 4.98 Å². The van der Waals surface area contributed by atoms with E-state index in [1.165, 1.54) is 0 Å². The van der Waals surface area contributed by atoms with Crippen LogP contribution in [0.5, 0.6) is 5.88 Å². The molecule has 1 aromatic heterocycles. The van der Waals surface area contributed by atoms with Crippen molar-refractivity contribution in [2.24, 2.45) is 0 Å². The highest BCUT2D eigenvalue weighted by atomic mass is 16.5.